The van der Waals surface area contributed by atoms with E-state index in [-0.39, 0.29) is 18.4 Å². The minimum atomic E-state index is -3.18. The van der Waals surface area contributed by atoms with Crippen molar-refractivity contribution < 1.29 is 13.5 Å². The summed E-state index contributed by atoms with van der Waals surface area (Å²) in [5.74, 6) is 0.136. The molecule has 5 nitrogen and oxygen atoms in total. The van der Waals surface area contributed by atoms with Crippen LogP contribution in [0.5, 0.6) is 0 Å². The second kappa shape index (κ2) is 6.32. The molecule has 0 aromatic rings. The number of nitrogens with zero attached hydrogens (tertiary/aromatic N) is 1. The molecule has 0 amide bonds. The first-order chi connectivity index (χ1) is 8.62. The predicted molar refractivity (Wildman–Crippen MR) is 70.9 cm³/mol. The van der Waals surface area contributed by atoms with Crippen molar-refractivity contribution >= 4 is 10.0 Å². The molecule has 2 aliphatic heterocycles. The Labute approximate surface area is 110 Å². The summed E-state index contributed by atoms with van der Waals surface area (Å²) in [4.78, 5) is 2.42. The van der Waals surface area contributed by atoms with Gasteiger partial charge in [0.1, 0.15) is 0 Å². The Morgan fingerprint density at radius 2 is 2.00 bits per heavy atom. The fourth-order valence-corrected chi connectivity index (χ4v) is 4.52. The molecule has 0 aromatic heterocycles. The molecule has 18 heavy (non-hydrogen) atoms. The number of fused-ring (bicyclic) bond motifs is 1. The second-order valence-corrected chi connectivity index (χ2v) is 7.24. The molecule has 2 unspecified atom stereocenters. The first kappa shape index (κ1) is 14.2. The Balaban J connectivity index is 1.85. The standard InChI is InChI=1S/C12H24N2O3S/c15-9-3-4-10-18(16,17)13-11-6-8-14-7-2-1-5-12(11)14/h11-13,15H,1-10H2. The van der Waals surface area contributed by atoms with E-state index in [9.17, 15) is 8.42 Å². The zero-order valence-corrected chi connectivity index (χ0v) is 11.7. The molecular formula is C12H24N2O3S. The van der Waals surface area contributed by atoms with Gasteiger partial charge in [-0.05, 0) is 38.6 Å². The summed E-state index contributed by atoms with van der Waals surface area (Å²) < 4.78 is 26.7. The van der Waals surface area contributed by atoms with Gasteiger partial charge in [0.05, 0.1) is 5.75 Å². The van der Waals surface area contributed by atoms with Crippen LogP contribution in [0.3, 0.4) is 0 Å². The lowest BCUT2D eigenvalue weighted by Crippen LogP contribution is -2.47. The fraction of sp³-hybridized carbons (Fsp3) is 1.00. The minimum Gasteiger partial charge on any atom is -0.396 e. The van der Waals surface area contributed by atoms with E-state index in [1.54, 1.807) is 0 Å². The molecule has 0 radical (unpaired) electrons. The van der Waals surface area contributed by atoms with Gasteiger partial charge in [0.2, 0.25) is 10.0 Å². The number of aliphatic hydroxyl groups excluding tert-OH is 1. The Morgan fingerprint density at radius 3 is 2.78 bits per heavy atom. The van der Waals surface area contributed by atoms with Crippen LogP contribution >= 0.6 is 0 Å². The highest BCUT2D eigenvalue weighted by molar-refractivity contribution is 7.89. The predicted octanol–water partition coefficient (Wildman–Crippen LogP) is 0.305. The van der Waals surface area contributed by atoms with Gasteiger partial charge in [-0.15, -0.1) is 0 Å². The number of sulfonamides is 1. The molecule has 2 N–H and O–H groups in total. The van der Waals surface area contributed by atoms with Crippen LogP contribution in [-0.2, 0) is 10.0 Å². The maximum Gasteiger partial charge on any atom is 0.211 e. The molecule has 0 spiro atoms. The van der Waals surface area contributed by atoms with Crippen LogP contribution in [0, 0.1) is 0 Å². The number of hydrogen-bond acceptors (Lipinski definition) is 4. The van der Waals surface area contributed by atoms with Crippen molar-refractivity contribution in [2.24, 2.45) is 0 Å². The van der Waals surface area contributed by atoms with Crippen molar-refractivity contribution in [1.29, 1.82) is 0 Å². The molecule has 106 valence electrons. The molecule has 2 fully saturated rings. The van der Waals surface area contributed by atoms with Crippen molar-refractivity contribution in [1.82, 2.24) is 9.62 Å². The quantitative estimate of drug-likeness (QED) is 0.685. The SMILES string of the molecule is O=S(=O)(CCCCO)NC1CCN2CCCCC12. The van der Waals surface area contributed by atoms with Gasteiger partial charge in [0.15, 0.2) is 0 Å². The average molecular weight is 276 g/mol. The number of aliphatic hydroxyl groups is 1. The molecule has 2 rings (SSSR count). The summed E-state index contributed by atoms with van der Waals surface area (Å²) in [5.41, 5.74) is 0. The van der Waals surface area contributed by atoms with Crippen molar-refractivity contribution in [2.45, 2.75) is 50.6 Å². The minimum absolute atomic E-state index is 0.0648. The molecule has 2 atom stereocenters. The second-order valence-electron chi connectivity index (χ2n) is 5.36. The van der Waals surface area contributed by atoms with Gasteiger partial charge in [-0.1, -0.05) is 6.42 Å². The number of rotatable bonds is 6. The van der Waals surface area contributed by atoms with E-state index in [4.69, 9.17) is 5.11 Å². The molecule has 0 aliphatic carbocycles. The van der Waals surface area contributed by atoms with Gasteiger partial charge in [-0.3, -0.25) is 4.90 Å². The zero-order valence-electron chi connectivity index (χ0n) is 10.8. The van der Waals surface area contributed by atoms with Crippen LogP contribution < -0.4 is 4.72 Å². The normalized spacial score (nSPS) is 29.4. The molecule has 2 aliphatic rings. The van der Waals surface area contributed by atoms with E-state index in [1.807, 2.05) is 0 Å². The van der Waals surface area contributed by atoms with Crippen molar-refractivity contribution in [2.75, 3.05) is 25.4 Å². The maximum atomic E-state index is 11.9. The molecule has 2 heterocycles. The van der Waals surface area contributed by atoms with Crippen molar-refractivity contribution in [3.63, 3.8) is 0 Å². The molecule has 0 aromatic carbocycles. The summed E-state index contributed by atoms with van der Waals surface area (Å²) in [6, 6.07) is 0.510. The lowest BCUT2D eigenvalue weighted by atomic mass is 10.00. The van der Waals surface area contributed by atoms with E-state index in [1.165, 1.54) is 12.8 Å². The van der Waals surface area contributed by atoms with Crippen LogP contribution in [0.2, 0.25) is 0 Å². The molecule has 0 saturated carbocycles. The summed E-state index contributed by atoms with van der Waals surface area (Å²) in [6.45, 7) is 2.21. The molecule has 6 heteroatoms. The van der Waals surface area contributed by atoms with Gasteiger partial charge in [0.25, 0.3) is 0 Å². The van der Waals surface area contributed by atoms with Crippen molar-refractivity contribution in [3.05, 3.63) is 0 Å². The Morgan fingerprint density at radius 1 is 1.17 bits per heavy atom. The fourth-order valence-electron chi connectivity index (χ4n) is 3.08. The van der Waals surface area contributed by atoms with E-state index >= 15 is 0 Å². The highest BCUT2D eigenvalue weighted by Gasteiger charge is 2.37. The largest absolute Gasteiger partial charge is 0.396 e. The number of unbranched alkanes of at least 4 members (excludes halogenated alkanes) is 1. The summed E-state index contributed by atoms with van der Waals surface area (Å²) in [7, 11) is -3.18. The summed E-state index contributed by atoms with van der Waals surface area (Å²) in [5, 5.41) is 8.68. The van der Waals surface area contributed by atoms with Crippen LogP contribution in [0.15, 0.2) is 0 Å². The van der Waals surface area contributed by atoms with Crippen LogP contribution in [0.25, 0.3) is 0 Å². The smallest absolute Gasteiger partial charge is 0.211 e. The monoisotopic (exact) mass is 276 g/mol. The number of nitrogens with one attached hydrogen (secondary N) is 1. The third-order valence-corrected chi connectivity index (χ3v) is 5.50. The molecule has 0 bridgehead atoms. The first-order valence-electron chi connectivity index (χ1n) is 6.97. The lowest BCUT2D eigenvalue weighted by Gasteiger charge is -2.32. The lowest BCUT2D eigenvalue weighted by molar-refractivity contribution is 0.186. The number of piperidine rings is 1. The Bertz CT molecular complexity index is 358. The highest BCUT2D eigenvalue weighted by Crippen LogP contribution is 2.27. The highest BCUT2D eigenvalue weighted by atomic mass is 32.2. The summed E-state index contributed by atoms with van der Waals surface area (Å²) in [6.07, 6.45) is 5.60. The summed E-state index contributed by atoms with van der Waals surface area (Å²) >= 11 is 0. The van der Waals surface area contributed by atoms with Crippen LogP contribution in [0.1, 0.15) is 38.5 Å². The van der Waals surface area contributed by atoms with E-state index < -0.39 is 10.0 Å². The Hall–Kier alpha value is -0.170. The first-order valence-corrected chi connectivity index (χ1v) is 8.62. The molecule has 2 saturated heterocycles. The Kier molecular flexibility index (Phi) is 5.00. The third-order valence-electron chi connectivity index (χ3n) is 4.01. The van der Waals surface area contributed by atoms with E-state index in [2.05, 4.69) is 9.62 Å². The zero-order chi connectivity index (χ0) is 13.0. The van der Waals surface area contributed by atoms with Crippen LogP contribution in [-0.4, -0.2) is 56.0 Å². The van der Waals surface area contributed by atoms with E-state index in [0.717, 1.165) is 25.9 Å². The number of hydrogen-bond donors (Lipinski definition) is 2. The topological polar surface area (TPSA) is 69.6 Å². The van der Waals surface area contributed by atoms with Crippen molar-refractivity contribution in [3.8, 4) is 0 Å². The van der Waals surface area contributed by atoms with Gasteiger partial charge >= 0.3 is 0 Å². The third kappa shape index (κ3) is 3.66. The van der Waals surface area contributed by atoms with Crippen LogP contribution in [0.4, 0.5) is 0 Å². The average Bonchev–Trinajstić information content (AvgIpc) is 2.72. The van der Waals surface area contributed by atoms with Gasteiger partial charge < -0.3 is 5.11 Å². The van der Waals surface area contributed by atoms with E-state index in [0.29, 0.717) is 18.9 Å². The van der Waals surface area contributed by atoms with Gasteiger partial charge in [-0.25, -0.2) is 13.1 Å². The maximum absolute atomic E-state index is 11.9. The van der Waals surface area contributed by atoms with Gasteiger partial charge in [0, 0.05) is 25.2 Å². The van der Waals surface area contributed by atoms with Gasteiger partial charge in [-0.2, -0.15) is 0 Å². The molecular weight excluding hydrogens is 252 g/mol.